The van der Waals surface area contributed by atoms with Crippen LogP contribution in [0.3, 0.4) is 0 Å². The molecule has 0 atom stereocenters. The fourth-order valence-corrected chi connectivity index (χ4v) is 2.33. The van der Waals surface area contributed by atoms with Gasteiger partial charge in [0.15, 0.2) is 0 Å². The van der Waals surface area contributed by atoms with Crippen molar-refractivity contribution >= 4 is 23.2 Å². The minimum absolute atomic E-state index is 0.158. The maximum absolute atomic E-state index is 13.6. The molecule has 2 N–H and O–H groups in total. The smallest absolute Gasteiger partial charge is 0.255 e. The first-order chi connectivity index (χ1) is 12.9. The number of halogens is 3. The SMILES string of the molecule is O=C(Nc1cccc(F)c1)c1ccc(C(=O)Nc2ccc(F)cc2F)cc1. The van der Waals surface area contributed by atoms with Crippen molar-refractivity contribution in [2.24, 2.45) is 0 Å². The van der Waals surface area contributed by atoms with E-state index in [2.05, 4.69) is 10.6 Å². The summed E-state index contributed by atoms with van der Waals surface area (Å²) in [6, 6.07) is 13.8. The van der Waals surface area contributed by atoms with Crippen LogP contribution in [0.2, 0.25) is 0 Å². The molecule has 0 radical (unpaired) electrons. The third-order valence-corrected chi connectivity index (χ3v) is 3.67. The Balaban J connectivity index is 1.69. The molecule has 0 unspecified atom stereocenters. The van der Waals surface area contributed by atoms with E-state index in [-0.39, 0.29) is 16.8 Å². The van der Waals surface area contributed by atoms with Crippen LogP contribution in [0.15, 0.2) is 66.7 Å². The van der Waals surface area contributed by atoms with Crippen LogP contribution in [-0.4, -0.2) is 11.8 Å². The van der Waals surface area contributed by atoms with Crippen LogP contribution in [0.4, 0.5) is 24.5 Å². The van der Waals surface area contributed by atoms with Gasteiger partial charge in [0, 0.05) is 22.9 Å². The van der Waals surface area contributed by atoms with Crippen molar-refractivity contribution in [1.29, 1.82) is 0 Å². The maximum atomic E-state index is 13.6. The van der Waals surface area contributed by atoms with Crippen molar-refractivity contribution in [2.45, 2.75) is 0 Å². The largest absolute Gasteiger partial charge is 0.322 e. The first-order valence-electron chi connectivity index (χ1n) is 7.86. The molecule has 27 heavy (non-hydrogen) atoms. The van der Waals surface area contributed by atoms with Crippen molar-refractivity contribution in [3.63, 3.8) is 0 Å². The Morgan fingerprint density at radius 3 is 1.85 bits per heavy atom. The number of hydrogen-bond donors (Lipinski definition) is 2. The van der Waals surface area contributed by atoms with Gasteiger partial charge < -0.3 is 10.6 Å². The summed E-state index contributed by atoms with van der Waals surface area (Å²) in [5.74, 6) is -3.21. The highest BCUT2D eigenvalue weighted by Gasteiger charge is 2.12. The molecule has 0 aliphatic heterocycles. The molecule has 0 heterocycles. The average Bonchev–Trinajstić information content (AvgIpc) is 2.64. The number of carbonyl (C=O) groups excluding carboxylic acids is 2. The average molecular weight is 370 g/mol. The molecule has 0 aliphatic carbocycles. The summed E-state index contributed by atoms with van der Waals surface area (Å²) in [7, 11) is 0. The van der Waals surface area contributed by atoms with Gasteiger partial charge in [-0.05, 0) is 54.6 Å². The lowest BCUT2D eigenvalue weighted by atomic mass is 10.1. The molecule has 3 aromatic rings. The van der Waals surface area contributed by atoms with Crippen LogP contribution >= 0.6 is 0 Å². The third kappa shape index (κ3) is 4.52. The monoisotopic (exact) mass is 370 g/mol. The molecule has 0 saturated carbocycles. The lowest BCUT2D eigenvalue weighted by Crippen LogP contribution is -2.15. The fraction of sp³-hybridized carbons (Fsp3) is 0. The van der Waals surface area contributed by atoms with E-state index in [1.165, 1.54) is 42.5 Å². The quantitative estimate of drug-likeness (QED) is 0.705. The number of benzene rings is 3. The standard InChI is InChI=1S/C20H13F3N2O2/c21-14-2-1-3-16(10-14)24-19(26)12-4-6-13(7-5-12)20(27)25-18-9-8-15(22)11-17(18)23/h1-11H,(H,24,26)(H,25,27). The van der Waals surface area contributed by atoms with Crippen LogP contribution < -0.4 is 10.6 Å². The predicted octanol–water partition coefficient (Wildman–Crippen LogP) is 4.61. The van der Waals surface area contributed by atoms with Crippen molar-refractivity contribution in [3.8, 4) is 0 Å². The van der Waals surface area contributed by atoms with E-state index < -0.39 is 29.3 Å². The first kappa shape index (κ1) is 18.2. The summed E-state index contributed by atoms with van der Waals surface area (Å²) < 4.78 is 39.6. The molecule has 4 nitrogen and oxygen atoms in total. The summed E-state index contributed by atoms with van der Waals surface area (Å²) >= 11 is 0. The summed E-state index contributed by atoms with van der Waals surface area (Å²) in [5, 5.41) is 4.86. The Morgan fingerprint density at radius 1 is 0.667 bits per heavy atom. The second kappa shape index (κ2) is 7.74. The normalized spacial score (nSPS) is 10.3. The zero-order valence-electron chi connectivity index (χ0n) is 13.8. The third-order valence-electron chi connectivity index (χ3n) is 3.67. The van der Waals surface area contributed by atoms with Gasteiger partial charge in [0.1, 0.15) is 17.5 Å². The second-order valence-electron chi connectivity index (χ2n) is 5.62. The van der Waals surface area contributed by atoms with Crippen molar-refractivity contribution in [1.82, 2.24) is 0 Å². The molecule has 2 amide bonds. The Kier molecular flexibility index (Phi) is 5.21. The van der Waals surface area contributed by atoms with Gasteiger partial charge in [0.05, 0.1) is 5.69 Å². The minimum Gasteiger partial charge on any atom is -0.322 e. The molecule has 7 heteroatoms. The highest BCUT2D eigenvalue weighted by molar-refractivity contribution is 6.07. The lowest BCUT2D eigenvalue weighted by Gasteiger charge is -2.08. The molecular formula is C20H13F3N2O2. The highest BCUT2D eigenvalue weighted by atomic mass is 19.1. The highest BCUT2D eigenvalue weighted by Crippen LogP contribution is 2.17. The number of anilines is 2. The number of carbonyl (C=O) groups is 2. The summed E-state index contributed by atoms with van der Waals surface area (Å²) in [4.78, 5) is 24.3. The molecule has 0 bridgehead atoms. The van der Waals surface area contributed by atoms with Crippen LogP contribution in [0.1, 0.15) is 20.7 Å². The topological polar surface area (TPSA) is 58.2 Å². The first-order valence-corrected chi connectivity index (χ1v) is 7.86. The molecule has 3 aromatic carbocycles. The number of nitrogens with one attached hydrogen (secondary N) is 2. The minimum atomic E-state index is -0.894. The van der Waals surface area contributed by atoms with E-state index in [1.807, 2.05) is 0 Å². The van der Waals surface area contributed by atoms with Gasteiger partial charge in [-0.1, -0.05) is 6.07 Å². The molecule has 0 saturated heterocycles. The molecular weight excluding hydrogens is 357 g/mol. The number of hydrogen-bond acceptors (Lipinski definition) is 2. The van der Waals surface area contributed by atoms with Crippen LogP contribution in [0, 0.1) is 17.5 Å². The van der Waals surface area contributed by atoms with E-state index >= 15 is 0 Å². The van der Waals surface area contributed by atoms with E-state index in [9.17, 15) is 22.8 Å². The van der Waals surface area contributed by atoms with Crippen molar-refractivity contribution in [2.75, 3.05) is 10.6 Å². The molecule has 136 valence electrons. The zero-order chi connectivity index (χ0) is 19.4. The van der Waals surface area contributed by atoms with Gasteiger partial charge in [-0.3, -0.25) is 9.59 Å². The summed E-state index contributed by atoms with van der Waals surface area (Å²) in [6.07, 6.45) is 0. The second-order valence-corrected chi connectivity index (χ2v) is 5.62. The van der Waals surface area contributed by atoms with Crippen LogP contribution in [-0.2, 0) is 0 Å². The fourth-order valence-electron chi connectivity index (χ4n) is 2.33. The summed E-state index contributed by atoms with van der Waals surface area (Å²) in [6.45, 7) is 0. The Bertz CT molecular complexity index is 1000. The summed E-state index contributed by atoms with van der Waals surface area (Å²) in [5.41, 5.74) is 0.577. The molecule has 0 aliphatic rings. The maximum Gasteiger partial charge on any atom is 0.255 e. The number of rotatable bonds is 4. The lowest BCUT2D eigenvalue weighted by molar-refractivity contribution is 0.101. The molecule has 0 aromatic heterocycles. The van der Waals surface area contributed by atoms with Gasteiger partial charge in [0.2, 0.25) is 0 Å². The van der Waals surface area contributed by atoms with E-state index in [1.54, 1.807) is 6.07 Å². The van der Waals surface area contributed by atoms with E-state index in [0.29, 0.717) is 11.8 Å². The van der Waals surface area contributed by atoms with Crippen LogP contribution in [0.25, 0.3) is 0 Å². The van der Waals surface area contributed by atoms with Gasteiger partial charge in [-0.25, -0.2) is 13.2 Å². The number of amides is 2. The Hall–Kier alpha value is -3.61. The van der Waals surface area contributed by atoms with Crippen molar-refractivity contribution in [3.05, 3.63) is 95.3 Å². The van der Waals surface area contributed by atoms with E-state index in [0.717, 1.165) is 12.1 Å². The Labute approximate surface area is 152 Å². The molecule has 0 spiro atoms. The van der Waals surface area contributed by atoms with Crippen LogP contribution in [0.5, 0.6) is 0 Å². The van der Waals surface area contributed by atoms with Crippen molar-refractivity contribution < 1.29 is 22.8 Å². The Morgan fingerprint density at radius 2 is 1.26 bits per heavy atom. The van der Waals surface area contributed by atoms with E-state index in [4.69, 9.17) is 0 Å². The van der Waals surface area contributed by atoms with Gasteiger partial charge >= 0.3 is 0 Å². The van der Waals surface area contributed by atoms with Gasteiger partial charge in [-0.2, -0.15) is 0 Å². The molecule has 0 fully saturated rings. The van der Waals surface area contributed by atoms with Gasteiger partial charge in [-0.15, -0.1) is 0 Å². The van der Waals surface area contributed by atoms with Gasteiger partial charge in [0.25, 0.3) is 11.8 Å². The molecule has 3 rings (SSSR count). The predicted molar refractivity (Wildman–Crippen MR) is 95.1 cm³/mol. The zero-order valence-corrected chi connectivity index (χ0v) is 13.8.